The van der Waals surface area contributed by atoms with E-state index < -0.39 is 0 Å². The lowest BCUT2D eigenvalue weighted by molar-refractivity contribution is -0.116. The number of amides is 2. The summed E-state index contributed by atoms with van der Waals surface area (Å²) in [6.07, 6.45) is 3.16. The van der Waals surface area contributed by atoms with Crippen LogP contribution in [0.4, 0.5) is 5.69 Å². The molecule has 126 valence electrons. The van der Waals surface area contributed by atoms with Gasteiger partial charge in [0.1, 0.15) is 0 Å². The Morgan fingerprint density at radius 1 is 1.08 bits per heavy atom. The second-order valence-electron chi connectivity index (χ2n) is 5.45. The van der Waals surface area contributed by atoms with Crippen LogP contribution in [0.15, 0.2) is 54.9 Å². The summed E-state index contributed by atoms with van der Waals surface area (Å²) in [6, 6.07) is 12.0. The molecule has 2 aromatic carbocycles. The Morgan fingerprint density at radius 2 is 1.80 bits per heavy atom. The maximum atomic E-state index is 12.5. The number of aromatic nitrogens is 2. The topological polar surface area (TPSA) is 75.2 Å². The van der Waals surface area contributed by atoms with E-state index in [-0.39, 0.29) is 18.4 Å². The normalized spacial score (nSPS) is 10.5. The molecule has 0 atom stereocenters. The number of benzene rings is 2. The van der Waals surface area contributed by atoms with Crippen molar-refractivity contribution < 1.29 is 9.59 Å². The number of carbonyl (C=O) groups excluding carboxylic acids is 2. The van der Waals surface area contributed by atoms with E-state index in [9.17, 15) is 9.59 Å². The Kier molecular flexibility index (Phi) is 4.90. The van der Waals surface area contributed by atoms with E-state index in [1.54, 1.807) is 61.9 Å². The number of anilines is 1. The summed E-state index contributed by atoms with van der Waals surface area (Å²) >= 11 is 6.01. The Hall–Kier alpha value is -2.99. The second kappa shape index (κ2) is 7.27. The fourth-order valence-electron chi connectivity index (χ4n) is 2.36. The van der Waals surface area contributed by atoms with Crippen molar-refractivity contribution in [3.63, 3.8) is 0 Å². The van der Waals surface area contributed by atoms with Gasteiger partial charge in [-0.2, -0.15) is 0 Å². The molecule has 0 aliphatic carbocycles. The Morgan fingerprint density at radius 3 is 2.56 bits per heavy atom. The van der Waals surface area contributed by atoms with Gasteiger partial charge in [0.05, 0.1) is 28.3 Å². The van der Waals surface area contributed by atoms with Gasteiger partial charge in [-0.25, -0.2) is 0 Å². The predicted octanol–water partition coefficient (Wildman–Crippen LogP) is 2.99. The number of hydrogen-bond donors (Lipinski definition) is 1. The number of hydrogen-bond acceptors (Lipinski definition) is 4. The molecule has 0 bridgehead atoms. The van der Waals surface area contributed by atoms with Gasteiger partial charge in [0.2, 0.25) is 5.91 Å². The summed E-state index contributed by atoms with van der Waals surface area (Å²) in [5.74, 6) is -0.605. The van der Waals surface area contributed by atoms with E-state index in [0.717, 1.165) is 0 Å². The lowest BCUT2D eigenvalue weighted by Crippen LogP contribution is -2.35. The van der Waals surface area contributed by atoms with Crippen molar-refractivity contribution in [3.8, 4) is 0 Å². The summed E-state index contributed by atoms with van der Waals surface area (Å²) in [6.45, 7) is -0.0947. The van der Waals surface area contributed by atoms with Gasteiger partial charge in [0.25, 0.3) is 5.91 Å². The molecule has 0 unspecified atom stereocenters. The molecule has 1 aromatic heterocycles. The molecule has 7 heteroatoms. The van der Waals surface area contributed by atoms with Crippen LogP contribution in [0.25, 0.3) is 11.0 Å². The molecule has 25 heavy (non-hydrogen) atoms. The van der Waals surface area contributed by atoms with Crippen molar-refractivity contribution in [2.24, 2.45) is 0 Å². The van der Waals surface area contributed by atoms with Gasteiger partial charge >= 0.3 is 0 Å². The molecule has 3 aromatic rings. The number of carbonyl (C=O) groups is 2. The van der Waals surface area contributed by atoms with Gasteiger partial charge in [0, 0.05) is 25.0 Å². The van der Waals surface area contributed by atoms with Gasteiger partial charge in [0.15, 0.2) is 0 Å². The SMILES string of the molecule is CN(CC(=O)Nc1ccccc1Cl)C(=O)c1ccc2nccnc2c1. The Balaban J connectivity index is 1.69. The van der Waals surface area contributed by atoms with Crippen LogP contribution in [0.2, 0.25) is 5.02 Å². The summed E-state index contributed by atoms with van der Waals surface area (Å²) in [5.41, 5.74) is 2.29. The van der Waals surface area contributed by atoms with Crippen LogP contribution < -0.4 is 5.32 Å². The lowest BCUT2D eigenvalue weighted by atomic mass is 10.1. The average molecular weight is 355 g/mol. The van der Waals surface area contributed by atoms with Crippen LogP contribution in [0.5, 0.6) is 0 Å². The highest BCUT2D eigenvalue weighted by Gasteiger charge is 2.16. The smallest absolute Gasteiger partial charge is 0.254 e. The van der Waals surface area contributed by atoms with Gasteiger partial charge in [-0.1, -0.05) is 23.7 Å². The molecule has 0 radical (unpaired) electrons. The maximum absolute atomic E-state index is 12.5. The third kappa shape index (κ3) is 3.92. The minimum Gasteiger partial charge on any atom is -0.332 e. The standard InChI is InChI=1S/C18H15ClN4O2/c1-23(11-17(24)22-14-5-3-2-4-13(14)19)18(25)12-6-7-15-16(10-12)21-9-8-20-15/h2-10H,11H2,1H3,(H,22,24). The maximum Gasteiger partial charge on any atom is 0.254 e. The van der Waals surface area contributed by atoms with Crippen LogP contribution in [0.3, 0.4) is 0 Å². The highest BCUT2D eigenvalue weighted by molar-refractivity contribution is 6.33. The molecule has 6 nitrogen and oxygen atoms in total. The predicted molar refractivity (Wildman–Crippen MR) is 96.6 cm³/mol. The van der Waals surface area contributed by atoms with E-state index in [2.05, 4.69) is 15.3 Å². The Labute approximate surface area is 149 Å². The third-order valence-electron chi connectivity index (χ3n) is 3.59. The molecular formula is C18H15ClN4O2. The number of fused-ring (bicyclic) bond motifs is 1. The molecule has 0 aliphatic rings. The van der Waals surface area contributed by atoms with Gasteiger partial charge in [-0.15, -0.1) is 0 Å². The molecule has 1 heterocycles. The van der Waals surface area contributed by atoms with E-state index in [1.165, 1.54) is 4.90 Å². The molecular weight excluding hydrogens is 340 g/mol. The minimum absolute atomic E-state index is 0.0947. The highest BCUT2D eigenvalue weighted by atomic mass is 35.5. The van der Waals surface area contributed by atoms with Crippen LogP contribution in [-0.2, 0) is 4.79 Å². The van der Waals surface area contributed by atoms with Gasteiger partial charge < -0.3 is 10.2 Å². The van der Waals surface area contributed by atoms with Crippen LogP contribution in [-0.4, -0.2) is 40.3 Å². The fraction of sp³-hybridized carbons (Fsp3) is 0.111. The molecule has 0 saturated carbocycles. The summed E-state index contributed by atoms with van der Waals surface area (Å²) in [5, 5.41) is 3.13. The highest BCUT2D eigenvalue weighted by Crippen LogP contribution is 2.20. The molecule has 1 N–H and O–H groups in total. The lowest BCUT2D eigenvalue weighted by Gasteiger charge is -2.17. The first kappa shape index (κ1) is 16.9. The number of nitrogens with zero attached hydrogens (tertiary/aromatic N) is 3. The number of rotatable bonds is 4. The van der Waals surface area contributed by atoms with E-state index in [4.69, 9.17) is 11.6 Å². The Bertz CT molecular complexity index is 945. The molecule has 0 saturated heterocycles. The van der Waals surface area contributed by atoms with Crippen molar-refractivity contribution in [1.82, 2.24) is 14.9 Å². The number of nitrogens with one attached hydrogen (secondary N) is 1. The summed E-state index contributed by atoms with van der Waals surface area (Å²) < 4.78 is 0. The minimum atomic E-state index is -0.329. The zero-order chi connectivity index (χ0) is 17.8. The average Bonchev–Trinajstić information content (AvgIpc) is 2.62. The second-order valence-corrected chi connectivity index (χ2v) is 5.86. The number of para-hydroxylation sites is 1. The molecule has 0 aliphatic heterocycles. The summed E-state index contributed by atoms with van der Waals surface area (Å²) in [7, 11) is 1.56. The monoisotopic (exact) mass is 354 g/mol. The quantitative estimate of drug-likeness (QED) is 0.781. The number of likely N-dealkylation sites (N-methyl/N-ethyl adjacent to an activating group) is 1. The first-order valence-electron chi connectivity index (χ1n) is 7.55. The zero-order valence-electron chi connectivity index (χ0n) is 13.4. The fourth-order valence-corrected chi connectivity index (χ4v) is 2.54. The van der Waals surface area contributed by atoms with E-state index in [1.807, 2.05) is 0 Å². The van der Waals surface area contributed by atoms with Crippen LogP contribution in [0, 0.1) is 0 Å². The van der Waals surface area contributed by atoms with Crippen LogP contribution >= 0.6 is 11.6 Å². The first-order chi connectivity index (χ1) is 12.0. The third-order valence-corrected chi connectivity index (χ3v) is 3.92. The molecule has 0 fully saturated rings. The van der Waals surface area contributed by atoms with Crippen LogP contribution in [0.1, 0.15) is 10.4 Å². The zero-order valence-corrected chi connectivity index (χ0v) is 14.2. The van der Waals surface area contributed by atoms with Gasteiger partial charge in [-0.3, -0.25) is 19.6 Å². The van der Waals surface area contributed by atoms with Crippen molar-refractivity contribution in [1.29, 1.82) is 0 Å². The molecule has 3 rings (SSSR count). The number of halogens is 1. The van der Waals surface area contributed by atoms with Crippen molar-refractivity contribution in [2.45, 2.75) is 0 Å². The van der Waals surface area contributed by atoms with Crippen molar-refractivity contribution in [3.05, 3.63) is 65.4 Å². The van der Waals surface area contributed by atoms with Crippen molar-refractivity contribution in [2.75, 3.05) is 18.9 Å². The van der Waals surface area contributed by atoms with E-state index >= 15 is 0 Å². The van der Waals surface area contributed by atoms with Gasteiger partial charge in [-0.05, 0) is 30.3 Å². The van der Waals surface area contributed by atoms with Crippen molar-refractivity contribution >= 4 is 40.1 Å². The molecule has 0 spiro atoms. The first-order valence-corrected chi connectivity index (χ1v) is 7.93. The largest absolute Gasteiger partial charge is 0.332 e. The summed E-state index contributed by atoms with van der Waals surface area (Å²) in [4.78, 5) is 34.3. The molecule has 2 amide bonds. The van der Waals surface area contributed by atoms with E-state index in [0.29, 0.717) is 27.3 Å².